The maximum Gasteiger partial charge on any atom is 0.263 e. The summed E-state index contributed by atoms with van der Waals surface area (Å²) in [6, 6.07) is 8.24. The molecule has 0 radical (unpaired) electrons. The van der Waals surface area contributed by atoms with Crippen molar-refractivity contribution in [1.82, 2.24) is 5.01 Å². The SMILES string of the molecule is COc1ccc(N2C(=O)C3N=NN(CC(=O)Nc4cccc(C)c4C)C3C2=O)cc1Cl. The van der Waals surface area contributed by atoms with E-state index < -0.39 is 23.9 Å². The molecule has 2 unspecified atom stereocenters. The van der Waals surface area contributed by atoms with Gasteiger partial charge in [-0.1, -0.05) is 29.0 Å². The van der Waals surface area contributed by atoms with Crippen molar-refractivity contribution in [3.63, 3.8) is 0 Å². The second-order valence-corrected chi connectivity index (χ2v) is 7.73. The summed E-state index contributed by atoms with van der Waals surface area (Å²) in [6.45, 7) is 3.65. The Kier molecular flexibility index (Phi) is 5.36. The van der Waals surface area contributed by atoms with Gasteiger partial charge in [-0.05, 0) is 49.2 Å². The zero-order valence-corrected chi connectivity index (χ0v) is 17.9. The van der Waals surface area contributed by atoms with E-state index in [0.717, 1.165) is 16.0 Å². The van der Waals surface area contributed by atoms with Crippen molar-refractivity contribution in [2.45, 2.75) is 25.9 Å². The minimum atomic E-state index is -0.998. The first-order valence-corrected chi connectivity index (χ1v) is 9.94. The molecule has 4 rings (SSSR count). The number of hydrogen-bond acceptors (Lipinski definition) is 7. The second kappa shape index (κ2) is 7.99. The van der Waals surface area contributed by atoms with Gasteiger partial charge in [0.15, 0.2) is 12.1 Å². The monoisotopic (exact) mass is 441 g/mol. The predicted octanol–water partition coefficient (Wildman–Crippen LogP) is 2.90. The van der Waals surface area contributed by atoms with E-state index in [0.29, 0.717) is 17.1 Å². The van der Waals surface area contributed by atoms with Crippen molar-refractivity contribution in [3.05, 3.63) is 52.5 Å². The summed E-state index contributed by atoms with van der Waals surface area (Å²) in [5, 5.41) is 12.2. The molecule has 2 aromatic rings. The Balaban J connectivity index is 1.51. The predicted molar refractivity (Wildman–Crippen MR) is 114 cm³/mol. The van der Waals surface area contributed by atoms with E-state index >= 15 is 0 Å². The average molecular weight is 442 g/mol. The molecule has 31 heavy (non-hydrogen) atoms. The highest BCUT2D eigenvalue weighted by atomic mass is 35.5. The fourth-order valence-electron chi connectivity index (χ4n) is 3.63. The van der Waals surface area contributed by atoms with Gasteiger partial charge in [-0.2, -0.15) is 5.11 Å². The Labute approximate surface area is 183 Å². The molecule has 160 valence electrons. The molecular weight excluding hydrogens is 422 g/mol. The van der Waals surface area contributed by atoms with E-state index in [1.807, 2.05) is 26.0 Å². The number of benzene rings is 2. The topological polar surface area (TPSA) is 104 Å². The van der Waals surface area contributed by atoms with Crippen LogP contribution in [0.4, 0.5) is 11.4 Å². The number of methoxy groups -OCH3 is 1. The first-order chi connectivity index (χ1) is 14.8. The number of halogens is 1. The third-order valence-corrected chi connectivity index (χ3v) is 5.73. The number of imide groups is 1. The van der Waals surface area contributed by atoms with E-state index in [4.69, 9.17) is 16.3 Å². The molecule has 9 nitrogen and oxygen atoms in total. The Hall–Kier alpha value is -3.46. The lowest BCUT2D eigenvalue weighted by Gasteiger charge is -2.21. The molecular formula is C21H20ClN5O4. The summed E-state index contributed by atoms with van der Waals surface area (Å²) in [5.74, 6) is -0.966. The van der Waals surface area contributed by atoms with Gasteiger partial charge in [0.1, 0.15) is 12.3 Å². The first-order valence-electron chi connectivity index (χ1n) is 9.56. The molecule has 3 amide bonds. The van der Waals surface area contributed by atoms with Crippen LogP contribution in [0, 0.1) is 13.8 Å². The minimum absolute atomic E-state index is 0.214. The Bertz CT molecular complexity index is 1120. The van der Waals surface area contributed by atoms with Crippen molar-refractivity contribution >= 4 is 40.7 Å². The van der Waals surface area contributed by atoms with Crippen LogP contribution in [0.15, 0.2) is 46.7 Å². The summed E-state index contributed by atoms with van der Waals surface area (Å²) < 4.78 is 5.11. The van der Waals surface area contributed by atoms with Crippen LogP contribution in [-0.4, -0.2) is 48.5 Å². The molecule has 0 aromatic heterocycles. The molecule has 2 aromatic carbocycles. The molecule has 2 heterocycles. The van der Waals surface area contributed by atoms with E-state index in [1.165, 1.54) is 18.2 Å². The van der Waals surface area contributed by atoms with Gasteiger partial charge in [-0.15, -0.1) is 0 Å². The summed E-state index contributed by atoms with van der Waals surface area (Å²) in [6.07, 6.45) is 0. The number of hydrogen-bond donors (Lipinski definition) is 1. The van der Waals surface area contributed by atoms with Gasteiger partial charge in [0, 0.05) is 5.69 Å². The molecule has 1 N–H and O–H groups in total. The molecule has 0 bridgehead atoms. The maximum atomic E-state index is 13.0. The Morgan fingerprint density at radius 1 is 1.19 bits per heavy atom. The smallest absolute Gasteiger partial charge is 0.263 e. The standard InChI is InChI=1S/C21H20ClN5O4/c1-11-5-4-6-15(12(11)2)23-17(28)10-26-19-18(24-25-26)20(29)27(21(19)30)13-7-8-16(31-3)14(22)9-13/h4-9,18-19H,10H2,1-3H3,(H,23,28). The third-order valence-electron chi connectivity index (χ3n) is 5.44. The van der Waals surface area contributed by atoms with Crippen LogP contribution in [0.2, 0.25) is 5.02 Å². The zero-order chi connectivity index (χ0) is 22.3. The number of nitrogens with one attached hydrogen (secondary N) is 1. The van der Waals surface area contributed by atoms with E-state index in [1.54, 1.807) is 18.2 Å². The maximum absolute atomic E-state index is 13.0. The number of aryl methyl sites for hydroxylation is 1. The highest BCUT2D eigenvalue weighted by Crippen LogP contribution is 2.35. The number of anilines is 2. The number of ether oxygens (including phenoxy) is 1. The average Bonchev–Trinajstić information content (AvgIpc) is 3.25. The summed E-state index contributed by atoms with van der Waals surface area (Å²) >= 11 is 6.14. The Morgan fingerprint density at radius 3 is 2.68 bits per heavy atom. The van der Waals surface area contributed by atoms with Crippen LogP contribution in [0.5, 0.6) is 5.75 Å². The van der Waals surface area contributed by atoms with Gasteiger partial charge >= 0.3 is 0 Å². The van der Waals surface area contributed by atoms with Gasteiger partial charge in [0.05, 0.1) is 17.8 Å². The summed E-state index contributed by atoms with van der Waals surface area (Å²) in [4.78, 5) is 39.5. The molecule has 2 atom stereocenters. The lowest BCUT2D eigenvalue weighted by atomic mass is 10.1. The zero-order valence-electron chi connectivity index (χ0n) is 17.1. The molecule has 0 aliphatic carbocycles. The largest absolute Gasteiger partial charge is 0.495 e. The van der Waals surface area contributed by atoms with E-state index in [-0.39, 0.29) is 17.5 Å². The van der Waals surface area contributed by atoms with Crippen molar-refractivity contribution < 1.29 is 19.1 Å². The first kappa shape index (κ1) is 20.8. The third kappa shape index (κ3) is 3.61. The van der Waals surface area contributed by atoms with Crippen LogP contribution in [0.3, 0.4) is 0 Å². The number of rotatable bonds is 5. The van der Waals surface area contributed by atoms with Gasteiger partial charge in [-0.25, -0.2) is 4.90 Å². The lowest BCUT2D eigenvalue weighted by Crippen LogP contribution is -2.43. The lowest BCUT2D eigenvalue weighted by molar-refractivity contribution is -0.123. The quantitative estimate of drug-likeness (QED) is 0.718. The van der Waals surface area contributed by atoms with Crippen LogP contribution in [-0.2, 0) is 14.4 Å². The fourth-order valence-corrected chi connectivity index (χ4v) is 3.88. The number of carbonyl (C=O) groups excluding carboxylic acids is 3. The number of carbonyl (C=O) groups is 3. The van der Waals surface area contributed by atoms with Gasteiger partial charge in [0.25, 0.3) is 11.8 Å². The molecule has 2 aliphatic rings. The van der Waals surface area contributed by atoms with Crippen LogP contribution < -0.4 is 15.0 Å². The fraction of sp³-hybridized carbons (Fsp3) is 0.286. The number of fused-ring (bicyclic) bond motifs is 1. The van der Waals surface area contributed by atoms with Crippen molar-refractivity contribution in [2.24, 2.45) is 10.3 Å². The summed E-state index contributed by atoms with van der Waals surface area (Å²) in [7, 11) is 1.47. The van der Waals surface area contributed by atoms with Gasteiger partial charge < -0.3 is 10.1 Å². The highest BCUT2D eigenvalue weighted by molar-refractivity contribution is 6.33. The molecule has 10 heteroatoms. The molecule has 1 fully saturated rings. The van der Waals surface area contributed by atoms with Crippen LogP contribution in [0.1, 0.15) is 11.1 Å². The molecule has 1 saturated heterocycles. The summed E-state index contributed by atoms with van der Waals surface area (Å²) in [5.41, 5.74) is 2.99. The molecule has 0 saturated carbocycles. The second-order valence-electron chi connectivity index (χ2n) is 7.32. The molecule has 0 spiro atoms. The molecule has 2 aliphatic heterocycles. The van der Waals surface area contributed by atoms with Gasteiger partial charge in [-0.3, -0.25) is 19.4 Å². The van der Waals surface area contributed by atoms with E-state index in [2.05, 4.69) is 15.7 Å². The van der Waals surface area contributed by atoms with Crippen LogP contribution in [0.25, 0.3) is 0 Å². The normalized spacial score (nSPS) is 19.7. The van der Waals surface area contributed by atoms with Crippen molar-refractivity contribution in [1.29, 1.82) is 0 Å². The minimum Gasteiger partial charge on any atom is -0.495 e. The van der Waals surface area contributed by atoms with E-state index in [9.17, 15) is 14.4 Å². The number of amides is 3. The highest BCUT2D eigenvalue weighted by Gasteiger charge is 2.55. The number of nitrogens with zero attached hydrogens (tertiary/aromatic N) is 4. The van der Waals surface area contributed by atoms with Crippen molar-refractivity contribution in [2.75, 3.05) is 23.9 Å². The van der Waals surface area contributed by atoms with Crippen molar-refractivity contribution in [3.8, 4) is 5.75 Å². The van der Waals surface area contributed by atoms with Crippen LogP contribution >= 0.6 is 11.6 Å². The van der Waals surface area contributed by atoms with Gasteiger partial charge in [0.2, 0.25) is 5.91 Å². The Morgan fingerprint density at radius 2 is 1.97 bits per heavy atom.